The van der Waals surface area contributed by atoms with Gasteiger partial charge in [-0.1, -0.05) is 0 Å². The van der Waals surface area contributed by atoms with Crippen LogP contribution in [0.1, 0.15) is 0 Å². The van der Waals surface area contributed by atoms with Crippen LogP contribution in [0.2, 0.25) is 0 Å². The zero-order valence-electron chi connectivity index (χ0n) is 14.4. The first kappa shape index (κ1) is 26.4. The van der Waals surface area contributed by atoms with Gasteiger partial charge in [0.1, 0.15) is 18.3 Å². The summed E-state index contributed by atoms with van der Waals surface area (Å²) in [7, 11) is -15.5. The van der Waals surface area contributed by atoms with Crippen LogP contribution in [0, 0.1) is 0 Å². The molecule has 0 radical (unpaired) electrons. The Morgan fingerprint density at radius 3 is 2.21 bits per heavy atom. The van der Waals surface area contributed by atoms with Gasteiger partial charge in [0.2, 0.25) is 0 Å². The maximum Gasteiger partial charge on any atom is 0.490 e. The first-order valence-electron chi connectivity index (χ1n) is 7.22. The van der Waals surface area contributed by atoms with Gasteiger partial charge in [0.05, 0.1) is 6.61 Å². The summed E-state index contributed by atoms with van der Waals surface area (Å²) in [6.45, 7) is -1.00. The highest BCUT2D eigenvalue weighted by atomic mass is 31.3. The third-order valence-electron chi connectivity index (χ3n) is 3.06. The molecule has 1 aliphatic heterocycles. The number of rotatable bonds is 11. The van der Waals surface area contributed by atoms with Crippen LogP contribution in [0.25, 0.3) is 0 Å². The largest absolute Gasteiger partial charge is 0.490 e. The highest BCUT2D eigenvalue weighted by Gasteiger charge is 2.45. The number of amides is 1. The molecule has 1 rings (SSSR count). The number of aliphatic hydroxyl groups is 2. The highest BCUT2D eigenvalue weighted by Crippen LogP contribution is 2.66. The summed E-state index contributed by atoms with van der Waals surface area (Å²) < 4.78 is 54.4. The molecular weight excluding hydrogens is 469 g/mol. The van der Waals surface area contributed by atoms with Crippen molar-refractivity contribution >= 4 is 35.6 Å². The van der Waals surface area contributed by atoms with Gasteiger partial charge in [0.25, 0.3) is 5.91 Å². The molecule has 0 aromatic carbocycles. The standard InChI is InChI=1S/C9H19N2O15P3/c1-22-4(8(10)14)2-11-9-7(13)6(12)5(24-9)3-23-28(18,19)26-29(20,21)25-27(15,16)17/h2,4-7,9,12-13H,3H2,1H3,(H2,10,14)(H,18,19)(H,20,21)(H2,15,16,17). The Morgan fingerprint density at radius 2 is 1.72 bits per heavy atom. The highest BCUT2D eigenvalue weighted by molar-refractivity contribution is 7.66. The number of primary amides is 1. The SMILES string of the molecule is COC(C=NC1OC(COP(=O)(O)OP(=O)(O)OP(=O)(O)O)C(O)C1O)C(N)=O. The zero-order chi connectivity index (χ0) is 22.6. The number of nitrogens with two attached hydrogens (primary N) is 1. The number of phosphoric ester groups is 1. The lowest BCUT2D eigenvalue weighted by atomic mass is 10.1. The Hall–Kier alpha value is -0.610. The number of phosphoric acid groups is 3. The summed E-state index contributed by atoms with van der Waals surface area (Å²) in [5.41, 5.74) is 5.00. The fourth-order valence-electron chi connectivity index (χ4n) is 1.87. The monoisotopic (exact) mass is 488 g/mol. The van der Waals surface area contributed by atoms with Crippen LogP contribution in [0.5, 0.6) is 0 Å². The molecular formula is C9H19N2O15P3. The smallest absolute Gasteiger partial charge is 0.387 e. The van der Waals surface area contributed by atoms with E-state index in [-0.39, 0.29) is 0 Å². The predicted molar refractivity (Wildman–Crippen MR) is 89.0 cm³/mol. The van der Waals surface area contributed by atoms with Crippen LogP contribution < -0.4 is 5.73 Å². The fourth-order valence-corrected chi connectivity index (χ4v) is 4.90. The quantitative estimate of drug-likeness (QED) is 0.115. The van der Waals surface area contributed by atoms with E-state index >= 15 is 0 Å². The predicted octanol–water partition coefficient (Wildman–Crippen LogP) is -2.65. The lowest BCUT2D eigenvalue weighted by molar-refractivity contribution is -0.124. The van der Waals surface area contributed by atoms with Crippen molar-refractivity contribution in [1.82, 2.24) is 0 Å². The molecule has 0 spiro atoms. The first-order chi connectivity index (χ1) is 13.1. The van der Waals surface area contributed by atoms with E-state index in [9.17, 15) is 33.6 Å². The van der Waals surface area contributed by atoms with Crippen LogP contribution >= 0.6 is 23.5 Å². The Morgan fingerprint density at radius 1 is 1.14 bits per heavy atom. The molecule has 1 amide bonds. The summed E-state index contributed by atoms with van der Waals surface area (Å²) in [6.07, 6.45) is -6.75. The molecule has 0 bridgehead atoms. The molecule has 1 saturated heterocycles. The van der Waals surface area contributed by atoms with Crippen molar-refractivity contribution in [2.24, 2.45) is 10.7 Å². The normalized spacial score (nSPS) is 30.7. The zero-order valence-corrected chi connectivity index (χ0v) is 17.1. The summed E-state index contributed by atoms with van der Waals surface area (Å²) in [4.78, 5) is 49.9. The molecule has 0 aromatic rings. The van der Waals surface area contributed by atoms with Gasteiger partial charge in [0.15, 0.2) is 12.3 Å². The number of nitrogens with zero attached hydrogens (tertiary/aromatic N) is 1. The molecule has 7 atom stereocenters. The minimum atomic E-state index is -5.71. The van der Waals surface area contributed by atoms with Gasteiger partial charge in [-0.05, 0) is 0 Å². The molecule has 8 N–H and O–H groups in total. The summed E-state index contributed by atoms with van der Waals surface area (Å²) in [6, 6.07) is 0. The molecule has 0 aromatic heterocycles. The van der Waals surface area contributed by atoms with E-state index in [1.54, 1.807) is 0 Å². The Labute approximate surface area is 162 Å². The number of carbonyl (C=O) groups is 1. The van der Waals surface area contributed by atoms with Gasteiger partial charge in [0, 0.05) is 13.3 Å². The third kappa shape index (κ3) is 8.96. The van der Waals surface area contributed by atoms with Crippen LogP contribution in [0.15, 0.2) is 4.99 Å². The molecule has 20 heteroatoms. The van der Waals surface area contributed by atoms with Gasteiger partial charge < -0.3 is 45.0 Å². The van der Waals surface area contributed by atoms with E-state index in [1.807, 2.05) is 0 Å². The fraction of sp³-hybridized carbons (Fsp3) is 0.778. The van der Waals surface area contributed by atoms with E-state index in [0.29, 0.717) is 0 Å². The Balaban J connectivity index is 2.71. The maximum absolute atomic E-state index is 11.6. The summed E-state index contributed by atoms with van der Waals surface area (Å²) in [5, 5.41) is 19.7. The second-order valence-corrected chi connectivity index (χ2v) is 9.71. The number of aliphatic hydroxyl groups excluding tert-OH is 2. The van der Waals surface area contributed by atoms with Crippen LogP contribution in [-0.2, 0) is 41.1 Å². The molecule has 1 fully saturated rings. The molecule has 7 unspecified atom stereocenters. The molecule has 0 saturated carbocycles. The maximum atomic E-state index is 11.6. The van der Waals surface area contributed by atoms with E-state index in [2.05, 4.69) is 22.9 Å². The van der Waals surface area contributed by atoms with Crippen molar-refractivity contribution in [2.45, 2.75) is 30.6 Å². The van der Waals surface area contributed by atoms with Gasteiger partial charge in [-0.25, -0.2) is 13.7 Å². The minimum Gasteiger partial charge on any atom is -0.387 e. The van der Waals surface area contributed by atoms with Crippen LogP contribution in [-0.4, -0.2) is 86.3 Å². The van der Waals surface area contributed by atoms with Crippen molar-refractivity contribution < 1.29 is 70.9 Å². The lowest BCUT2D eigenvalue weighted by Crippen LogP contribution is -2.35. The topological polar surface area (TPSA) is 274 Å². The van der Waals surface area contributed by atoms with Crippen LogP contribution in [0.4, 0.5) is 0 Å². The van der Waals surface area contributed by atoms with Gasteiger partial charge in [-0.15, -0.1) is 0 Å². The molecule has 170 valence electrons. The molecule has 1 heterocycles. The van der Waals surface area contributed by atoms with E-state index < -0.39 is 66.6 Å². The van der Waals surface area contributed by atoms with Crippen molar-refractivity contribution in [2.75, 3.05) is 13.7 Å². The number of aliphatic imine (C=N–C) groups is 1. The average Bonchev–Trinajstić information content (AvgIpc) is 2.78. The van der Waals surface area contributed by atoms with Gasteiger partial charge >= 0.3 is 23.5 Å². The van der Waals surface area contributed by atoms with Crippen molar-refractivity contribution in [3.05, 3.63) is 0 Å². The summed E-state index contributed by atoms with van der Waals surface area (Å²) in [5.74, 6) is -0.909. The number of methoxy groups -OCH3 is 1. The Bertz CT molecular complexity index is 753. The van der Waals surface area contributed by atoms with E-state index in [1.165, 1.54) is 0 Å². The Kier molecular flexibility index (Phi) is 9.23. The number of hydrogen-bond donors (Lipinski definition) is 7. The average molecular weight is 488 g/mol. The van der Waals surface area contributed by atoms with Gasteiger partial charge in [-0.2, -0.15) is 8.62 Å². The molecule has 29 heavy (non-hydrogen) atoms. The first-order valence-corrected chi connectivity index (χ1v) is 11.7. The number of ether oxygens (including phenoxy) is 2. The molecule has 0 aliphatic carbocycles. The van der Waals surface area contributed by atoms with Crippen molar-refractivity contribution in [3.63, 3.8) is 0 Å². The molecule has 1 aliphatic rings. The van der Waals surface area contributed by atoms with Gasteiger partial charge in [-0.3, -0.25) is 14.3 Å². The second kappa shape index (κ2) is 10.1. The van der Waals surface area contributed by atoms with E-state index in [0.717, 1.165) is 13.3 Å². The lowest BCUT2D eigenvalue weighted by Gasteiger charge is -2.18. The van der Waals surface area contributed by atoms with Crippen molar-refractivity contribution in [1.29, 1.82) is 0 Å². The minimum absolute atomic E-state index is 0.883. The summed E-state index contributed by atoms with van der Waals surface area (Å²) >= 11 is 0. The number of carbonyl (C=O) groups excluding carboxylic acids is 1. The van der Waals surface area contributed by atoms with Crippen molar-refractivity contribution in [3.8, 4) is 0 Å². The molecule has 17 nitrogen and oxygen atoms in total. The third-order valence-corrected chi connectivity index (χ3v) is 6.86. The van der Waals surface area contributed by atoms with Crippen LogP contribution in [0.3, 0.4) is 0 Å². The number of hydrogen-bond acceptors (Lipinski definition) is 12. The van der Waals surface area contributed by atoms with E-state index in [4.69, 9.17) is 25.2 Å². The second-order valence-electron chi connectivity index (χ2n) is 5.29.